The smallest absolute Gasteiger partial charge is 0.0681 e. The van der Waals surface area contributed by atoms with Crippen LogP contribution in [0.4, 0.5) is 0 Å². The molecule has 2 N–H and O–H groups in total. The summed E-state index contributed by atoms with van der Waals surface area (Å²) in [5.41, 5.74) is 2.21. The molecular weight excluding hydrogens is 186 g/mol. The molecule has 0 radical (unpaired) electrons. The van der Waals surface area contributed by atoms with E-state index in [1.165, 1.54) is 5.56 Å². The molecule has 0 saturated carbocycles. The molecule has 1 rings (SSSR count). The molecule has 0 aliphatic rings. The summed E-state index contributed by atoms with van der Waals surface area (Å²) in [5.74, 6) is 0. The molecule has 2 unspecified atom stereocenters. The first-order valence-electron chi connectivity index (χ1n) is 5.63. The number of nitrogens with one attached hydrogen (secondary N) is 1. The van der Waals surface area contributed by atoms with Crippen LogP contribution < -0.4 is 5.32 Å². The standard InChI is InChI=1S/C13H21NO/c1-4-10(2)14-11(3)13-7-5-6-12(8-13)9-15/h5-8,10-11,14-15H,4,9H2,1-3H3. The predicted octanol–water partition coefficient (Wildman–Crippen LogP) is 2.63. The highest BCUT2D eigenvalue weighted by molar-refractivity contribution is 5.25. The number of aliphatic hydroxyl groups is 1. The van der Waals surface area contributed by atoms with E-state index in [1.54, 1.807) is 0 Å². The molecule has 0 heterocycles. The lowest BCUT2D eigenvalue weighted by molar-refractivity contribution is 0.281. The quantitative estimate of drug-likeness (QED) is 0.778. The average molecular weight is 207 g/mol. The van der Waals surface area contributed by atoms with Crippen molar-refractivity contribution in [1.82, 2.24) is 5.32 Å². The van der Waals surface area contributed by atoms with Gasteiger partial charge in [0.15, 0.2) is 0 Å². The molecule has 2 nitrogen and oxygen atoms in total. The maximum absolute atomic E-state index is 9.05. The molecule has 0 aliphatic carbocycles. The third kappa shape index (κ3) is 3.65. The molecule has 2 atom stereocenters. The minimum atomic E-state index is 0.115. The maximum Gasteiger partial charge on any atom is 0.0681 e. The Bertz CT molecular complexity index is 298. The number of hydrogen-bond donors (Lipinski definition) is 2. The van der Waals surface area contributed by atoms with Gasteiger partial charge in [0.2, 0.25) is 0 Å². The number of hydrogen-bond acceptors (Lipinski definition) is 2. The van der Waals surface area contributed by atoms with Crippen LogP contribution in [-0.4, -0.2) is 11.1 Å². The van der Waals surface area contributed by atoms with E-state index in [0.29, 0.717) is 12.1 Å². The highest BCUT2D eigenvalue weighted by Crippen LogP contribution is 2.15. The van der Waals surface area contributed by atoms with Crippen molar-refractivity contribution >= 4 is 0 Å². The minimum absolute atomic E-state index is 0.115. The molecule has 1 aromatic rings. The fourth-order valence-corrected chi connectivity index (χ4v) is 1.60. The molecule has 0 aromatic heterocycles. The Morgan fingerprint density at radius 2 is 2.07 bits per heavy atom. The zero-order chi connectivity index (χ0) is 11.3. The lowest BCUT2D eigenvalue weighted by Gasteiger charge is -2.19. The summed E-state index contributed by atoms with van der Waals surface area (Å²) >= 11 is 0. The summed E-state index contributed by atoms with van der Waals surface area (Å²) in [4.78, 5) is 0. The second kappa shape index (κ2) is 5.89. The van der Waals surface area contributed by atoms with Gasteiger partial charge >= 0.3 is 0 Å². The van der Waals surface area contributed by atoms with Gasteiger partial charge in [-0.15, -0.1) is 0 Å². The van der Waals surface area contributed by atoms with Crippen molar-refractivity contribution < 1.29 is 5.11 Å². The number of rotatable bonds is 5. The van der Waals surface area contributed by atoms with E-state index in [2.05, 4.69) is 38.2 Å². The third-order valence-corrected chi connectivity index (χ3v) is 2.78. The zero-order valence-electron chi connectivity index (χ0n) is 9.83. The summed E-state index contributed by atoms with van der Waals surface area (Å²) in [7, 11) is 0. The van der Waals surface area contributed by atoms with Crippen LogP contribution in [0, 0.1) is 0 Å². The molecule has 0 amide bonds. The Hall–Kier alpha value is -0.860. The normalized spacial score (nSPS) is 14.9. The highest BCUT2D eigenvalue weighted by atomic mass is 16.3. The average Bonchev–Trinajstić information content (AvgIpc) is 2.28. The fraction of sp³-hybridized carbons (Fsp3) is 0.538. The summed E-state index contributed by atoms with van der Waals surface area (Å²) < 4.78 is 0. The van der Waals surface area contributed by atoms with Gasteiger partial charge in [-0.2, -0.15) is 0 Å². The van der Waals surface area contributed by atoms with Crippen LogP contribution in [0.15, 0.2) is 24.3 Å². The van der Waals surface area contributed by atoms with Gasteiger partial charge < -0.3 is 10.4 Å². The molecule has 0 fully saturated rings. The van der Waals surface area contributed by atoms with Gasteiger partial charge in [0.05, 0.1) is 6.61 Å². The summed E-state index contributed by atoms with van der Waals surface area (Å²) in [6, 6.07) is 8.96. The van der Waals surface area contributed by atoms with Crippen molar-refractivity contribution in [3.8, 4) is 0 Å². The lowest BCUT2D eigenvalue weighted by Crippen LogP contribution is -2.28. The van der Waals surface area contributed by atoms with Gasteiger partial charge in [-0.1, -0.05) is 31.2 Å². The lowest BCUT2D eigenvalue weighted by atomic mass is 10.0. The van der Waals surface area contributed by atoms with Crippen LogP contribution >= 0.6 is 0 Å². The van der Waals surface area contributed by atoms with E-state index in [4.69, 9.17) is 5.11 Å². The van der Waals surface area contributed by atoms with Gasteiger partial charge in [-0.3, -0.25) is 0 Å². The van der Waals surface area contributed by atoms with Crippen molar-refractivity contribution in [1.29, 1.82) is 0 Å². The number of benzene rings is 1. The second-order valence-electron chi connectivity index (χ2n) is 4.10. The van der Waals surface area contributed by atoms with E-state index in [-0.39, 0.29) is 6.61 Å². The van der Waals surface area contributed by atoms with Crippen molar-refractivity contribution in [2.75, 3.05) is 0 Å². The molecule has 1 aromatic carbocycles. The van der Waals surface area contributed by atoms with Crippen molar-refractivity contribution in [2.24, 2.45) is 0 Å². The molecule has 0 spiro atoms. The fourth-order valence-electron chi connectivity index (χ4n) is 1.60. The first-order chi connectivity index (χ1) is 7.17. The van der Waals surface area contributed by atoms with Crippen molar-refractivity contribution in [3.05, 3.63) is 35.4 Å². The van der Waals surface area contributed by atoms with Crippen molar-refractivity contribution in [3.63, 3.8) is 0 Å². The topological polar surface area (TPSA) is 32.3 Å². The van der Waals surface area contributed by atoms with Crippen LogP contribution in [0.5, 0.6) is 0 Å². The Morgan fingerprint density at radius 3 is 2.67 bits per heavy atom. The Balaban J connectivity index is 2.68. The summed E-state index contributed by atoms with van der Waals surface area (Å²) in [6.45, 7) is 6.63. The molecule has 84 valence electrons. The summed E-state index contributed by atoms with van der Waals surface area (Å²) in [6.07, 6.45) is 1.13. The monoisotopic (exact) mass is 207 g/mol. The Kier molecular flexibility index (Phi) is 4.79. The Morgan fingerprint density at radius 1 is 1.33 bits per heavy atom. The first-order valence-corrected chi connectivity index (χ1v) is 5.63. The largest absolute Gasteiger partial charge is 0.392 e. The van der Waals surface area contributed by atoms with Crippen LogP contribution in [0.2, 0.25) is 0 Å². The highest BCUT2D eigenvalue weighted by Gasteiger charge is 2.07. The van der Waals surface area contributed by atoms with E-state index in [0.717, 1.165) is 12.0 Å². The first kappa shape index (κ1) is 12.2. The molecule has 2 heteroatoms. The van der Waals surface area contributed by atoms with Gasteiger partial charge in [0.1, 0.15) is 0 Å². The molecule has 0 saturated heterocycles. The van der Waals surface area contributed by atoms with Gasteiger partial charge in [-0.05, 0) is 31.4 Å². The van der Waals surface area contributed by atoms with Crippen LogP contribution in [0.1, 0.15) is 44.4 Å². The van der Waals surface area contributed by atoms with Crippen LogP contribution in [0.3, 0.4) is 0 Å². The SMILES string of the molecule is CCC(C)NC(C)c1cccc(CO)c1. The zero-order valence-corrected chi connectivity index (χ0v) is 9.83. The predicted molar refractivity (Wildman–Crippen MR) is 63.7 cm³/mol. The van der Waals surface area contributed by atoms with E-state index >= 15 is 0 Å². The van der Waals surface area contributed by atoms with Gasteiger partial charge in [0.25, 0.3) is 0 Å². The molecule has 0 aliphatic heterocycles. The third-order valence-electron chi connectivity index (χ3n) is 2.78. The van der Waals surface area contributed by atoms with Gasteiger partial charge in [0, 0.05) is 12.1 Å². The van der Waals surface area contributed by atoms with E-state index < -0.39 is 0 Å². The van der Waals surface area contributed by atoms with E-state index in [9.17, 15) is 0 Å². The minimum Gasteiger partial charge on any atom is -0.392 e. The van der Waals surface area contributed by atoms with Crippen LogP contribution in [-0.2, 0) is 6.61 Å². The van der Waals surface area contributed by atoms with Gasteiger partial charge in [-0.25, -0.2) is 0 Å². The molecule has 0 bridgehead atoms. The summed E-state index contributed by atoms with van der Waals surface area (Å²) in [5, 5.41) is 12.6. The van der Waals surface area contributed by atoms with Crippen molar-refractivity contribution in [2.45, 2.75) is 45.9 Å². The molecule has 15 heavy (non-hydrogen) atoms. The Labute approximate surface area is 92.3 Å². The number of aliphatic hydroxyl groups excluding tert-OH is 1. The van der Waals surface area contributed by atoms with Crippen LogP contribution in [0.25, 0.3) is 0 Å². The maximum atomic E-state index is 9.05. The van der Waals surface area contributed by atoms with E-state index in [1.807, 2.05) is 12.1 Å². The second-order valence-corrected chi connectivity index (χ2v) is 4.10. The molecular formula is C13H21NO.